The molecule has 1 N–H and O–H groups in total. The van der Waals surface area contributed by atoms with Crippen LogP contribution in [0.4, 0.5) is 0 Å². The SMILES string of the molecule is O=C(O)CCCCc1nc2cc(C(=O)N3CCC(n4ccnc4)CC3)ccc2nc1-c1ccccc1. The Morgan fingerprint density at radius 1 is 0.972 bits per heavy atom. The van der Waals surface area contributed by atoms with Crippen molar-refractivity contribution >= 4 is 22.9 Å². The maximum atomic E-state index is 13.3. The van der Waals surface area contributed by atoms with Gasteiger partial charge in [0.25, 0.3) is 5.91 Å². The Balaban J connectivity index is 1.37. The fraction of sp³-hybridized carbons (Fsp3) is 0.321. The molecule has 4 aromatic rings. The number of benzene rings is 2. The number of amides is 1. The lowest BCUT2D eigenvalue weighted by atomic mass is 10.0. The molecule has 0 aliphatic carbocycles. The zero-order valence-electron chi connectivity index (χ0n) is 20.1. The van der Waals surface area contributed by atoms with Gasteiger partial charge in [0.15, 0.2) is 0 Å². The quantitative estimate of drug-likeness (QED) is 0.362. The first-order chi connectivity index (χ1) is 17.6. The molecule has 1 saturated heterocycles. The molecule has 3 heterocycles. The molecule has 0 bridgehead atoms. The van der Waals surface area contributed by atoms with Crippen molar-refractivity contribution < 1.29 is 14.7 Å². The van der Waals surface area contributed by atoms with Crippen molar-refractivity contribution in [3.63, 3.8) is 0 Å². The number of carboxylic acid groups (broad SMARTS) is 1. The van der Waals surface area contributed by atoms with E-state index in [-0.39, 0.29) is 12.3 Å². The highest BCUT2D eigenvalue weighted by molar-refractivity contribution is 5.97. The van der Waals surface area contributed by atoms with Crippen LogP contribution in [0.1, 0.15) is 54.2 Å². The number of unbranched alkanes of at least 4 members (excludes halogenated alkanes) is 1. The summed E-state index contributed by atoms with van der Waals surface area (Å²) < 4.78 is 2.12. The summed E-state index contributed by atoms with van der Waals surface area (Å²) in [7, 11) is 0. The summed E-state index contributed by atoms with van der Waals surface area (Å²) in [6.45, 7) is 1.40. The number of piperidine rings is 1. The number of hydrogen-bond acceptors (Lipinski definition) is 5. The maximum absolute atomic E-state index is 13.3. The highest BCUT2D eigenvalue weighted by atomic mass is 16.4. The van der Waals surface area contributed by atoms with Crippen molar-refractivity contribution in [3.8, 4) is 11.3 Å². The van der Waals surface area contributed by atoms with Gasteiger partial charge in [0.2, 0.25) is 0 Å². The first-order valence-corrected chi connectivity index (χ1v) is 12.4. The number of fused-ring (bicyclic) bond motifs is 1. The van der Waals surface area contributed by atoms with Gasteiger partial charge >= 0.3 is 5.97 Å². The Labute approximate surface area is 209 Å². The standard InChI is InChI=1S/C28H29N5O3/c34-26(35)9-5-4-8-24-27(20-6-2-1-3-7-20)31-23-11-10-21(18-25(23)30-24)28(36)32-15-12-22(13-16-32)33-17-14-29-19-33/h1-3,6-7,10-11,14,17-19,22H,4-5,8-9,12-13,15-16H2,(H,34,35). The van der Waals surface area contributed by atoms with Crippen LogP contribution < -0.4 is 0 Å². The van der Waals surface area contributed by atoms with Gasteiger partial charge in [0.1, 0.15) is 0 Å². The van der Waals surface area contributed by atoms with Gasteiger partial charge in [-0.25, -0.2) is 15.0 Å². The highest BCUT2D eigenvalue weighted by Gasteiger charge is 2.25. The highest BCUT2D eigenvalue weighted by Crippen LogP contribution is 2.27. The number of carbonyl (C=O) groups is 2. The van der Waals surface area contributed by atoms with Crippen LogP contribution in [0.5, 0.6) is 0 Å². The smallest absolute Gasteiger partial charge is 0.303 e. The van der Waals surface area contributed by atoms with E-state index in [0.29, 0.717) is 49.5 Å². The molecule has 1 fully saturated rings. The number of aryl methyl sites for hydroxylation is 1. The van der Waals surface area contributed by atoms with Gasteiger partial charge in [0.05, 0.1) is 28.7 Å². The van der Waals surface area contributed by atoms with Crippen LogP contribution in [-0.4, -0.2) is 54.5 Å². The summed E-state index contributed by atoms with van der Waals surface area (Å²) in [5.41, 5.74) is 4.63. The zero-order chi connectivity index (χ0) is 24.9. The molecule has 1 aliphatic heterocycles. The van der Waals surface area contributed by atoms with Gasteiger partial charge in [-0.05, 0) is 50.3 Å². The van der Waals surface area contributed by atoms with E-state index >= 15 is 0 Å². The third-order valence-electron chi connectivity index (χ3n) is 6.78. The van der Waals surface area contributed by atoms with E-state index in [1.165, 1.54) is 0 Å². The predicted molar refractivity (Wildman–Crippen MR) is 137 cm³/mol. The normalized spacial score (nSPS) is 14.3. The molecule has 8 heteroatoms. The Bertz CT molecular complexity index is 1350. The molecule has 0 atom stereocenters. The molecular formula is C28H29N5O3. The Morgan fingerprint density at radius 3 is 2.50 bits per heavy atom. The molecule has 0 unspecified atom stereocenters. The van der Waals surface area contributed by atoms with E-state index in [9.17, 15) is 9.59 Å². The van der Waals surface area contributed by atoms with Gasteiger partial charge in [-0.3, -0.25) is 9.59 Å². The van der Waals surface area contributed by atoms with E-state index in [0.717, 1.165) is 35.3 Å². The Morgan fingerprint density at radius 2 is 1.78 bits per heavy atom. The van der Waals surface area contributed by atoms with Crippen LogP contribution in [0.15, 0.2) is 67.3 Å². The Hall–Kier alpha value is -4.07. The summed E-state index contributed by atoms with van der Waals surface area (Å²) in [5.74, 6) is -0.780. The van der Waals surface area contributed by atoms with E-state index in [1.807, 2.05) is 66.0 Å². The van der Waals surface area contributed by atoms with Crippen LogP contribution in [0.3, 0.4) is 0 Å². The fourth-order valence-electron chi connectivity index (χ4n) is 4.83. The average Bonchev–Trinajstić information content (AvgIpc) is 3.45. The summed E-state index contributed by atoms with van der Waals surface area (Å²) in [4.78, 5) is 40.1. The number of carboxylic acids is 1. The van der Waals surface area contributed by atoms with Crippen LogP contribution in [-0.2, 0) is 11.2 Å². The van der Waals surface area contributed by atoms with Crippen LogP contribution in [0, 0.1) is 0 Å². The lowest BCUT2D eigenvalue weighted by Gasteiger charge is -2.32. The minimum atomic E-state index is -0.792. The second-order valence-electron chi connectivity index (χ2n) is 9.22. The topological polar surface area (TPSA) is 101 Å². The fourth-order valence-corrected chi connectivity index (χ4v) is 4.83. The maximum Gasteiger partial charge on any atom is 0.303 e. The molecule has 2 aromatic carbocycles. The molecule has 0 saturated carbocycles. The summed E-state index contributed by atoms with van der Waals surface area (Å²) in [6.07, 6.45) is 9.45. The lowest BCUT2D eigenvalue weighted by Crippen LogP contribution is -2.38. The van der Waals surface area contributed by atoms with Crippen LogP contribution >= 0.6 is 0 Å². The van der Waals surface area contributed by atoms with Crippen molar-refractivity contribution in [2.24, 2.45) is 0 Å². The first kappa shape index (κ1) is 23.7. The molecule has 1 aliphatic rings. The number of aliphatic carboxylic acids is 1. The van der Waals surface area contributed by atoms with Crippen molar-refractivity contribution in [1.82, 2.24) is 24.4 Å². The third-order valence-corrected chi connectivity index (χ3v) is 6.78. The molecule has 36 heavy (non-hydrogen) atoms. The molecular weight excluding hydrogens is 454 g/mol. The number of imidazole rings is 1. The molecule has 184 valence electrons. The zero-order valence-corrected chi connectivity index (χ0v) is 20.1. The minimum absolute atomic E-state index is 0.0120. The predicted octanol–water partition coefficient (Wildman–Crippen LogP) is 4.77. The molecule has 0 spiro atoms. The molecule has 5 rings (SSSR count). The minimum Gasteiger partial charge on any atom is -0.481 e. The molecule has 0 radical (unpaired) electrons. The van der Waals surface area contributed by atoms with Crippen molar-refractivity contribution in [1.29, 1.82) is 0 Å². The first-order valence-electron chi connectivity index (χ1n) is 12.4. The number of nitrogens with zero attached hydrogens (tertiary/aromatic N) is 5. The number of hydrogen-bond donors (Lipinski definition) is 1. The van der Waals surface area contributed by atoms with Crippen LogP contribution in [0.2, 0.25) is 0 Å². The van der Waals surface area contributed by atoms with Crippen molar-refractivity contribution in [2.75, 3.05) is 13.1 Å². The monoisotopic (exact) mass is 483 g/mol. The summed E-state index contributed by atoms with van der Waals surface area (Å²) >= 11 is 0. The second-order valence-corrected chi connectivity index (χ2v) is 9.22. The number of carbonyl (C=O) groups excluding carboxylic acids is 1. The van der Waals surface area contributed by atoms with Gasteiger partial charge in [-0.1, -0.05) is 30.3 Å². The second kappa shape index (κ2) is 10.7. The largest absolute Gasteiger partial charge is 0.481 e. The van der Waals surface area contributed by atoms with Gasteiger partial charge in [-0.2, -0.15) is 0 Å². The molecule has 1 amide bonds. The number of likely N-dealkylation sites (tertiary alicyclic amines) is 1. The van der Waals surface area contributed by atoms with E-state index < -0.39 is 5.97 Å². The lowest BCUT2D eigenvalue weighted by molar-refractivity contribution is -0.137. The number of rotatable bonds is 8. The van der Waals surface area contributed by atoms with Gasteiger partial charge in [0, 0.05) is 49.1 Å². The van der Waals surface area contributed by atoms with Crippen molar-refractivity contribution in [2.45, 2.75) is 44.6 Å². The summed E-state index contributed by atoms with van der Waals surface area (Å²) in [6, 6.07) is 15.8. The third kappa shape index (κ3) is 5.27. The molecule has 2 aromatic heterocycles. The number of aromatic nitrogens is 4. The van der Waals surface area contributed by atoms with Crippen LogP contribution in [0.25, 0.3) is 22.3 Å². The average molecular weight is 484 g/mol. The molecule has 8 nitrogen and oxygen atoms in total. The van der Waals surface area contributed by atoms with Crippen molar-refractivity contribution in [3.05, 3.63) is 78.5 Å². The van der Waals surface area contributed by atoms with Gasteiger partial charge < -0.3 is 14.6 Å². The summed E-state index contributed by atoms with van der Waals surface area (Å²) in [5, 5.41) is 8.97. The van der Waals surface area contributed by atoms with Gasteiger partial charge in [-0.15, -0.1) is 0 Å². The van der Waals surface area contributed by atoms with E-state index in [4.69, 9.17) is 15.1 Å². The Kier molecular flexibility index (Phi) is 7.02. The van der Waals surface area contributed by atoms with E-state index in [2.05, 4.69) is 9.55 Å². The van der Waals surface area contributed by atoms with E-state index in [1.54, 1.807) is 6.20 Å².